The largest absolute Gasteiger partial charge is 0.469 e. The van der Waals surface area contributed by atoms with Gasteiger partial charge in [-0.15, -0.1) is 0 Å². The Labute approximate surface area is 128 Å². The molecule has 0 bridgehead atoms. The van der Waals surface area contributed by atoms with Gasteiger partial charge in [-0.2, -0.15) is 0 Å². The second kappa shape index (κ2) is 11.0. The van der Waals surface area contributed by atoms with Gasteiger partial charge in [-0.05, 0) is 13.8 Å². The van der Waals surface area contributed by atoms with Gasteiger partial charge in [0.25, 0.3) is 0 Å². The number of nitrogens with zero attached hydrogens (tertiary/aromatic N) is 2. The molecule has 21 heavy (non-hydrogen) atoms. The molecule has 0 atom stereocenters. The third-order valence-corrected chi connectivity index (χ3v) is 3.71. The molecule has 124 valence electrons. The van der Waals surface area contributed by atoms with Crippen LogP contribution in [0.4, 0.5) is 0 Å². The first-order valence-corrected chi connectivity index (χ1v) is 7.94. The quantitative estimate of drug-likeness (QED) is 0.442. The highest BCUT2D eigenvalue weighted by Crippen LogP contribution is 2.07. The molecule has 0 unspecified atom stereocenters. The minimum absolute atomic E-state index is 0.0858. The number of rotatable bonds is 10. The summed E-state index contributed by atoms with van der Waals surface area (Å²) in [5.74, 6) is -0.131. The minimum Gasteiger partial charge on any atom is -0.469 e. The van der Waals surface area contributed by atoms with Crippen molar-refractivity contribution in [2.45, 2.75) is 33.0 Å². The van der Waals surface area contributed by atoms with Gasteiger partial charge in [0.2, 0.25) is 0 Å². The Hall–Kier alpha value is -0.690. The Bertz CT molecular complexity index is 275. The molecule has 0 aromatic carbocycles. The predicted molar refractivity (Wildman–Crippen MR) is 81.2 cm³/mol. The van der Waals surface area contributed by atoms with Crippen LogP contribution >= 0.6 is 0 Å². The van der Waals surface area contributed by atoms with E-state index in [4.69, 9.17) is 9.47 Å². The fourth-order valence-corrected chi connectivity index (χ4v) is 2.46. The van der Waals surface area contributed by atoms with E-state index in [1.54, 1.807) is 0 Å². The normalized spacial score (nSPS) is 17.3. The van der Waals surface area contributed by atoms with Crippen molar-refractivity contribution in [3.05, 3.63) is 0 Å². The molecule has 6 nitrogen and oxygen atoms in total. The van der Waals surface area contributed by atoms with Crippen LogP contribution in [0.25, 0.3) is 0 Å². The van der Waals surface area contributed by atoms with E-state index in [0.717, 1.165) is 45.7 Å². The number of esters is 1. The first-order valence-electron chi connectivity index (χ1n) is 7.94. The van der Waals surface area contributed by atoms with Gasteiger partial charge >= 0.3 is 5.97 Å². The Morgan fingerprint density at radius 2 is 1.52 bits per heavy atom. The molecule has 0 amide bonds. The van der Waals surface area contributed by atoms with Crippen molar-refractivity contribution in [2.75, 3.05) is 59.6 Å². The van der Waals surface area contributed by atoms with E-state index < -0.39 is 0 Å². The van der Waals surface area contributed by atoms with E-state index in [1.165, 1.54) is 7.11 Å². The van der Waals surface area contributed by atoms with Crippen LogP contribution < -0.4 is 0 Å². The Balaban J connectivity index is 2.16. The van der Waals surface area contributed by atoms with Crippen molar-refractivity contribution in [2.24, 2.45) is 0 Å². The summed E-state index contributed by atoms with van der Waals surface area (Å²) in [6.07, 6.45) is 1.30. The maximum atomic E-state index is 11.1. The maximum absolute atomic E-state index is 11.1. The van der Waals surface area contributed by atoms with Gasteiger partial charge in [-0.25, -0.2) is 0 Å². The summed E-state index contributed by atoms with van der Waals surface area (Å²) in [6.45, 7) is 11.2. The summed E-state index contributed by atoms with van der Waals surface area (Å²) in [5, 5.41) is 0. The molecule has 6 heteroatoms. The summed E-state index contributed by atoms with van der Waals surface area (Å²) in [4.78, 5) is 15.9. The summed E-state index contributed by atoms with van der Waals surface area (Å²) >= 11 is 0. The lowest BCUT2D eigenvalue weighted by atomic mass is 10.2. The van der Waals surface area contributed by atoms with Crippen LogP contribution in [0.3, 0.4) is 0 Å². The van der Waals surface area contributed by atoms with Crippen LogP contribution in [0, 0.1) is 0 Å². The first kappa shape index (κ1) is 18.4. The second-order valence-electron chi connectivity index (χ2n) is 5.14. The predicted octanol–water partition coefficient (Wildman–Crippen LogP) is 0.956. The average molecular weight is 302 g/mol. The van der Waals surface area contributed by atoms with E-state index in [-0.39, 0.29) is 12.3 Å². The van der Waals surface area contributed by atoms with Crippen LogP contribution in [0.2, 0.25) is 0 Å². The van der Waals surface area contributed by atoms with E-state index in [9.17, 15) is 4.79 Å². The lowest BCUT2D eigenvalue weighted by molar-refractivity contribution is -0.143. The Morgan fingerprint density at radius 3 is 2.00 bits per heavy atom. The zero-order chi connectivity index (χ0) is 15.5. The minimum atomic E-state index is -0.131. The SMILES string of the molecule is CCOC(CCN1CCN(CCC(=O)OC)CC1)OCC. The monoisotopic (exact) mass is 302 g/mol. The highest BCUT2D eigenvalue weighted by Gasteiger charge is 2.18. The number of piperazine rings is 1. The van der Waals surface area contributed by atoms with Gasteiger partial charge < -0.3 is 24.0 Å². The van der Waals surface area contributed by atoms with E-state index in [0.29, 0.717) is 19.6 Å². The molecule has 0 saturated carbocycles. The van der Waals surface area contributed by atoms with Gasteiger partial charge in [-0.1, -0.05) is 0 Å². The second-order valence-corrected chi connectivity index (χ2v) is 5.14. The smallest absolute Gasteiger partial charge is 0.306 e. The number of ether oxygens (including phenoxy) is 3. The van der Waals surface area contributed by atoms with Crippen molar-refractivity contribution >= 4 is 5.97 Å². The lowest BCUT2D eigenvalue weighted by Crippen LogP contribution is -2.47. The van der Waals surface area contributed by atoms with E-state index >= 15 is 0 Å². The molecule has 0 aliphatic carbocycles. The zero-order valence-corrected chi connectivity index (χ0v) is 13.7. The van der Waals surface area contributed by atoms with Crippen LogP contribution in [-0.2, 0) is 19.0 Å². The van der Waals surface area contributed by atoms with Crippen LogP contribution in [0.1, 0.15) is 26.7 Å². The van der Waals surface area contributed by atoms with E-state index in [2.05, 4.69) is 14.5 Å². The molecular formula is C15H30N2O4. The average Bonchev–Trinajstić information content (AvgIpc) is 2.51. The van der Waals surface area contributed by atoms with Crippen molar-refractivity contribution in [1.82, 2.24) is 9.80 Å². The molecule has 0 radical (unpaired) electrons. The summed E-state index contributed by atoms with van der Waals surface area (Å²) in [6, 6.07) is 0. The molecule has 0 spiro atoms. The highest BCUT2D eigenvalue weighted by atomic mass is 16.7. The van der Waals surface area contributed by atoms with Crippen LogP contribution in [0.15, 0.2) is 0 Å². The summed E-state index contributed by atoms with van der Waals surface area (Å²) in [7, 11) is 1.44. The van der Waals surface area contributed by atoms with Gasteiger partial charge in [0.05, 0.1) is 13.5 Å². The number of methoxy groups -OCH3 is 1. The molecule has 1 heterocycles. The molecule has 1 fully saturated rings. The molecule has 0 aromatic rings. The third kappa shape index (κ3) is 7.76. The molecule has 0 N–H and O–H groups in total. The van der Waals surface area contributed by atoms with Crippen molar-refractivity contribution in [3.8, 4) is 0 Å². The van der Waals surface area contributed by atoms with Gasteiger partial charge in [0.1, 0.15) is 0 Å². The van der Waals surface area contributed by atoms with Crippen molar-refractivity contribution < 1.29 is 19.0 Å². The number of carbonyl (C=O) groups excluding carboxylic acids is 1. The molecule has 1 aliphatic rings. The molecule has 1 aliphatic heterocycles. The standard InChI is InChI=1S/C15H30N2O4/c1-4-20-15(21-5-2)7-9-17-12-10-16(11-13-17)8-6-14(18)19-3/h15H,4-13H2,1-3H3. The fraction of sp³-hybridized carbons (Fsp3) is 0.933. The zero-order valence-electron chi connectivity index (χ0n) is 13.7. The van der Waals surface area contributed by atoms with Crippen LogP contribution in [0.5, 0.6) is 0 Å². The molecule has 0 aromatic heterocycles. The van der Waals surface area contributed by atoms with Crippen molar-refractivity contribution in [3.63, 3.8) is 0 Å². The molecule has 1 rings (SSSR count). The highest BCUT2D eigenvalue weighted by molar-refractivity contribution is 5.69. The summed E-state index contributed by atoms with van der Waals surface area (Å²) in [5.41, 5.74) is 0. The maximum Gasteiger partial charge on any atom is 0.306 e. The number of hydrogen-bond acceptors (Lipinski definition) is 6. The summed E-state index contributed by atoms with van der Waals surface area (Å²) < 4.78 is 15.8. The van der Waals surface area contributed by atoms with Crippen LogP contribution in [-0.4, -0.2) is 81.7 Å². The Kier molecular flexibility index (Phi) is 9.58. The lowest BCUT2D eigenvalue weighted by Gasteiger charge is -2.35. The van der Waals surface area contributed by atoms with Crippen molar-refractivity contribution in [1.29, 1.82) is 0 Å². The van der Waals surface area contributed by atoms with Gasteiger partial charge in [0, 0.05) is 58.9 Å². The number of carbonyl (C=O) groups is 1. The Morgan fingerprint density at radius 1 is 1.00 bits per heavy atom. The first-order chi connectivity index (χ1) is 10.2. The topological polar surface area (TPSA) is 51.2 Å². The van der Waals surface area contributed by atoms with Gasteiger partial charge in [0.15, 0.2) is 6.29 Å². The van der Waals surface area contributed by atoms with E-state index in [1.807, 2.05) is 13.8 Å². The molecular weight excluding hydrogens is 272 g/mol. The molecule has 1 saturated heterocycles. The third-order valence-electron chi connectivity index (χ3n) is 3.71. The fourth-order valence-electron chi connectivity index (χ4n) is 2.46. The van der Waals surface area contributed by atoms with Gasteiger partial charge in [-0.3, -0.25) is 4.79 Å². The number of hydrogen-bond donors (Lipinski definition) is 0.